The van der Waals surface area contributed by atoms with Gasteiger partial charge in [-0.1, -0.05) is 11.6 Å². The van der Waals surface area contributed by atoms with Crippen molar-refractivity contribution < 1.29 is 21.6 Å². The topological polar surface area (TPSA) is 147 Å². The maximum atomic E-state index is 12.6. The predicted octanol–water partition coefficient (Wildman–Crippen LogP) is 3.98. The number of aromatic nitrogens is 2. The Morgan fingerprint density at radius 1 is 0.667 bits per heavy atom. The van der Waals surface area contributed by atoms with Crippen molar-refractivity contribution in [1.29, 1.82) is 0 Å². The molecule has 4 rings (SSSR count). The number of rotatable bonds is 8. The van der Waals surface area contributed by atoms with E-state index in [1.54, 1.807) is 18.2 Å². The van der Waals surface area contributed by atoms with Gasteiger partial charge < -0.3 is 5.32 Å². The molecular formula is C23H18ClN5O5S2. The van der Waals surface area contributed by atoms with Gasteiger partial charge in [0.25, 0.3) is 26.0 Å². The Balaban J connectivity index is 1.41. The first kappa shape index (κ1) is 25.1. The summed E-state index contributed by atoms with van der Waals surface area (Å²) in [4.78, 5) is 20.2. The van der Waals surface area contributed by atoms with Gasteiger partial charge >= 0.3 is 0 Å². The molecular weight excluding hydrogens is 526 g/mol. The quantitative estimate of drug-likeness (QED) is 0.304. The van der Waals surface area contributed by atoms with Crippen LogP contribution in [0.5, 0.6) is 0 Å². The molecule has 36 heavy (non-hydrogen) atoms. The van der Waals surface area contributed by atoms with Crippen LogP contribution < -0.4 is 14.8 Å². The minimum absolute atomic E-state index is 0.0292. The Bertz CT molecular complexity index is 1580. The molecule has 0 saturated heterocycles. The second-order valence-electron chi connectivity index (χ2n) is 7.29. The molecule has 1 aromatic heterocycles. The summed E-state index contributed by atoms with van der Waals surface area (Å²) in [6.07, 6.45) is 2.81. The third kappa shape index (κ3) is 6.16. The zero-order valence-corrected chi connectivity index (χ0v) is 20.7. The minimum Gasteiger partial charge on any atom is -0.322 e. The van der Waals surface area contributed by atoms with Crippen molar-refractivity contribution in [3.8, 4) is 0 Å². The number of benzene rings is 3. The van der Waals surface area contributed by atoms with Crippen molar-refractivity contribution in [3.05, 3.63) is 102 Å². The molecule has 13 heteroatoms. The lowest BCUT2D eigenvalue weighted by molar-refractivity contribution is 0.102. The van der Waals surface area contributed by atoms with Crippen molar-refractivity contribution in [2.45, 2.75) is 9.79 Å². The standard InChI is InChI=1S/C23H18ClN5O5S2/c24-17-4-6-19(7-5-17)28-35(31,32)20-10-2-16(3-11-20)22(30)27-18-8-12-21(13-9-18)36(33,34)29-23-25-14-1-15-26-23/h1-15,28H,(H,27,30)(H,25,26,29). The van der Waals surface area contributed by atoms with Crippen molar-refractivity contribution in [1.82, 2.24) is 9.97 Å². The number of carbonyl (C=O) groups is 1. The van der Waals surface area contributed by atoms with Crippen molar-refractivity contribution in [2.75, 3.05) is 14.8 Å². The van der Waals surface area contributed by atoms with E-state index < -0.39 is 26.0 Å². The summed E-state index contributed by atoms with van der Waals surface area (Å²) in [6, 6.07) is 18.6. The molecule has 0 unspecified atom stereocenters. The number of sulfonamides is 2. The average Bonchev–Trinajstić information content (AvgIpc) is 2.86. The normalized spacial score (nSPS) is 11.5. The van der Waals surface area contributed by atoms with Gasteiger partial charge in [-0.2, -0.15) is 0 Å². The molecule has 1 heterocycles. The number of amides is 1. The Morgan fingerprint density at radius 3 is 1.75 bits per heavy atom. The van der Waals surface area contributed by atoms with E-state index in [9.17, 15) is 21.6 Å². The van der Waals surface area contributed by atoms with Crippen LogP contribution in [0.2, 0.25) is 5.02 Å². The zero-order valence-electron chi connectivity index (χ0n) is 18.3. The Labute approximate surface area is 212 Å². The predicted molar refractivity (Wildman–Crippen MR) is 136 cm³/mol. The fourth-order valence-corrected chi connectivity index (χ4v) is 5.11. The van der Waals surface area contributed by atoms with Gasteiger partial charge in [-0.15, -0.1) is 0 Å². The second kappa shape index (κ2) is 10.3. The number of carbonyl (C=O) groups excluding carboxylic acids is 1. The molecule has 3 aromatic carbocycles. The molecule has 3 N–H and O–H groups in total. The lowest BCUT2D eigenvalue weighted by Gasteiger charge is -2.10. The van der Waals surface area contributed by atoms with Crippen molar-refractivity contribution in [2.24, 2.45) is 0 Å². The van der Waals surface area contributed by atoms with Gasteiger partial charge in [0.2, 0.25) is 5.95 Å². The highest BCUT2D eigenvalue weighted by Crippen LogP contribution is 2.20. The SMILES string of the molecule is O=C(Nc1ccc(S(=O)(=O)Nc2ncccn2)cc1)c1ccc(S(=O)(=O)Nc2ccc(Cl)cc2)cc1. The number of anilines is 3. The summed E-state index contributed by atoms with van der Waals surface area (Å²) < 4.78 is 54.8. The lowest BCUT2D eigenvalue weighted by Crippen LogP contribution is -2.16. The number of hydrogen-bond acceptors (Lipinski definition) is 7. The molecule has 1 amide bonds. The summed E-state index contributed by atoms with van der Waals surface area (Å²) >= 11 is 5.81. The summed E-state index contributed by atoms with van der Waals surface area (Å²) in [5.74, 6) is -0.570. The molecule has 0 radical (unpaired) electrons. The van der Waals surface area contributed by atoms with Crippen LogP contribution in [0.15, 0.2) is 101 Å². The van der Waals surface area contributed by atoms with Crippen LogP contribution in [-0.4, -0.2) is 32.7 Å². The highest BCUT2D eigenvalue weighted by Gasteiger charge is 2.17. The number of halogens is 1. The molecule has 0 spiro atoms. The monoisotopic (exact) mass is 543 g/mol. The van der Waals surface area contributed by atoms with Crippen LogP contribution in [0.25, 0.3) is 0 Å². The van der Waals surface area contributed by atoms with E-state index in [-0.39, 0.29) is 21.3 Å². The van der Waals surface area contributed by atoms with E-state index in [0.29, 0.717) is 16.4 Å². The first-order chi connectivity index (χ1) is 17.1. The molecule has 0 aliphatic carbocycles. The fraction of sp³-hybridized carbons (Fsp3) is 0. The molecule has 184 valence electrons. The van der Waals surface area contributed by atoms with Gasteiger partial charge in [0.05, 0.1) is 9.79 Å². The number of hydrogen-bond donors (Lipinski definition) is 3. The van der Waals surface area contributed by atoms with E-state index in [2.05, 4.69) is 24.7 Å². The summed E-state index contributed by atoms with van der Waals surface area (Å²) in [7, 11) is -7.78. The maximum absolute atomic E-state index is 12.6. The zero-order chi connectivity index (χ0) is 25.8. The smallest absolute Gasteiger partial charge is 0.264 e. The van der Waals surface area contributed by atoms with Crippen molar-refractivity contribution >= 4 is 54.9 Å². The first-order valence-electron chi connectivity index (χ1n) is 10.2. The molecule has 0 saturated carbocycles. The van der Waals surface area contributed by atoms with Gasteiger partial charge in [0.15, 0.2) is 0 Å². The molecule has 4 aromatic rings. The van der Waals surface area contributed by atoms with Crippen LogP contribution in [-0.2, 0) is 20.0 Å². The third-order valence-electron chi connectivity index (χ3n) is 4.74. The van der Waals surface area contributed by atoms with Gasteiger partial charge in [-0.3, -0.25) is 9.52 Å². The highest BCUT2D eigenvalue weighted by molar-refractivity contribution is 7.93. The van der Waals surface area contributed by atoms with Crippen LogP contribution in [0.1, 0.15) is 10.4 Å². The Hall–Kier alpha value is -4.00. The van der Waals surface area contributed by atoms with E-state index in [1.807, 2.05) is 0 Å². The summed E-state index contributed by atoms with van der Waals surface area (Å²) in [5, 5.41) is 3.11. The lowest BCUT2D eigenvalue weighted by atomic mass is 10.2. The molecule has 0 atom stereocenters. The molecule has 0 fully saturated rings. The third-order valence-corrected chi connectivity index (χ3v) is 7.73. The Kier molecular flexibility index (Phi) is 7.20. The van der Waals surface area contributed by atoms with Crippen LogP contribution >= 0.6 is 11.6 Å². The number of nitrogens with zero attached hydrogens (tertiary/aromatic N) is 2. The molecule has 10 nitrogen and oxygen atoms in total. The van der Waals surface area contributed by atoms with Gasteiger partial charge in [0.1, 0.15) is 0 Å². The van der Waals surface area contributed by atoms with Crippen LogP contribution in [0.3, 0.4) is 0 Å². The number of nitrogens with one attached hydrogen (secondary N) is 3. The average molecular weight is 544 g/mol. The van der Waals surface area contributed by atoms with E-state index in [1.165, 1.54) is 73.1 Å². The van der Waals surface area contributed by atoms with Crippen molar-refractivity contribution in [3.63, 3.8) is 0 Å². The summed E-state index contributed by atoms with van der Waals surface area (Å²) in [5.41, 5.74) is 0.897. The Morgan fingerprint density at radius 2 is 1.17 bits per heavy atom. The minimum atomic E-state index is -3.91. The molecule has 0 aliphatic rings. The van der Waals surface area contributed by atoms with Gasteiger partial charge in [-0.05, 0) is 78.9 Å². The fourth-order valence-electron chi connectivity index (χ4n) is 2.97. The highest BCUT2D eigenvalue weighted by atomic mass is 35.5. The largest absolute Gasteiger partial charge is 0.322 e. The summed E-state index contributed by atoms with van der Waals surface area (Å²) in [6.45, 7) is 0. The van der Waals surface area contributed by atoms with Crippen LogP contribution in [0, 0.1) is 0 Å². The van der Waals surface area contributed by atoms with E-state index in [4.69, 9.17) is 11.6 Å². The maximum Gasteiger partial charge on any atom is 0.264 e. The first-order valence-corrected chi connectivity index (χ1v) is 13.6. The van der Waals surface area contributed by atoms with Gasteiger partial charge in [0, 0.05) is 34.4 Å². The van der Waals surface area contributed by atoms with Crippen LogP contribution in [0.4, 0.5) is 17.3 Å². The second-order valence-corrected chi connectivity index (χ2v) is 11.1. The van der Waals surface area contributed by atoms with E-state index >= 15 is 0 Å². The molecule has 0 aliphatic heterocycles. The van der Waals surface area contributed by atoms with Gasteiger partial charge in [-0.25, -0.2) is 31.5 Å². The van der Waals surface area contributed by atoms with E-state index in [0.717, 1.165) is 0 Å². The molecule has 0 bridgehead atoms.